The Morgan fingerprint density at radius 2 is 2.25 bits per heavy atom. The predicted molar refractivity (Wildman–Crippen MR) is 80.1 cm³/mol. The maximum absolute atomic E-state index is 11.7. The molecule has 1 aromatic carbocycles. The number of rotatable bonds is 7. The fourth-order valence-corrected chi connectivity index (χ4v) is 2.32. The molecule has 0 saturated carbocycles. The van der Waals surface area contributed by atoms with Crippen LogP contribution in [0.25, 0.3) is 0 Å². The Kier molecular flexibility index (Phi) is 5.41. The highest BCUT2D eigenvalue weighted by Gasteiger charge is 2.13. The molecule has 1 heterocycles. The Bertz CT molecular complexity index is 460. The Morgan fingerprint density at radius 3 is 3.05 bits per heavy atom. The molecule has 110 valence electrons. The highest BCUT2D eigenvalue weighted by atomic mass is 16.5. The molecule has 1 aliphatic heterocycles. The summed E-state index contributed by atoms with van der Waals surface area (Å²) < 4.78 is 5.50. The lowest BCUT2D eigenvalue weighted by Crippen LogP contribution is -2.43. The van der Waals surface area contributed by atoms with Crippen LogP contribution in [0.5, 0.6) is 5.75 Å². The molecular formula is C16H24N2O2. The number of nitrogens with one attached hydrogen (secondary N) is 2. The van der Waals surface area contributed by atoms with Crippen LogP contribution in [0.1, 0.15) is 31.4 Å². The number of benzene rings is 1. The molecule has 2 rings (SSSR count). The number of carbonyl (C=O) groups excluding carboxylic acids is 1. The average Bonchev–Trinajstić information content (AvgIpc) is 2.92. The molecule has 0 saturated heterocycles. The second-order valence-electron chi connectivity index (χ2n) is 5.26. The molecule has 1 aromatic rings. The Hall–Kier alpha value is -1.55. The quantitative estimate of drug-likeness (QED) is 0.796. The van der Waals surface area contributed by atoms with Crippen molar-refractivity contribution < 1.29 is 9.53 Å². The summed E-state index contributed by atoms with van der Waals surface area (Å²) in [5.74, 6) is 1.10. The van der Waals surface area contributed by atoms with Gasteiger partial charge in [0.1, 0.15) is 5.75 Å². The predicted octanol–water partition coefficient (Wildman–Crippen LogP) is 1.67. The smallest absolute Gasteiger partial charge is 0.236 e. The van der Waals surface area contributed by atoms with Crippen molar-refractivity contribution in [2.24, 2.45) is 0 Å². The Balaban J connectivity index is 1.74. The zero-order chi connectivity index (χ0) is 14.4. The van der Waals surface area contributed by atoms with Gasteiger partial charge >= 0.3 is 0 Å². The maximum atomic E-state index is 11.7. The number of fused-ring (bicyclic) bond motifs is 1. The fourth-order valence-electron chi connectivity index (χ4n) is 2.32. The van der Waals surface area contributed by atoms with E-state index in [9.17, 15) is 4.79 Å². The minimum absolute atomic E-state index is 0.0780. The summed E-state index contributed by atoms with van der Waals surface area (Å²) in [7, 11) is 0. The third-order valence-corrected chi connectivity index (χ3v) is 3.56. The van der Waals surface area contributed by atoms with Gasteiger partial charge in [-0.1, -0.05) is 19.1 Å². The molecule has 0 spiro atoms. The van der Waals surface area contributed by atoms with Crippen molar-refractivity contribution in [3.8, 4) is 5.75 Å². The van der Waals surface area contributed by atoms with Crippen molar-refractivity contribution in [2.75, 3.05) is 19.7 Å². The molecule has 0 aromatic heterocycles. The van der Waals surface area contributed by atoms with Gasteiger partial charge in [-0.2, -0.15) is 0 Å². The van der Waals surface area contributed by atoms with E-state index in [0.29, 0.717) is 0 Å². The van der Waals surface area contributed by atoms with Crippen molar-refractivity contribution in [1.29, 1.82) is 0 Å². The molecule has 0 fully saturated rings. The molecule has 0 radical (unpaired) electrons. The van der Waals surface area contributed by atoms with Crippen LogP contribution in [0.3, 0.4) is 0 Å². The second-order valence-corrected chi connectivity index (χ2v) is 5.26. The van der Waals surface area contributed by atoms with Gasteiger partial charge in [0.2, 0.25) is 5.91 Å². The van der Waals surface area contributed by atoms with E-state index in [2.05, 4.69) is 35.8 Å². The lowest BCUT2D eigenvalue weighted by atomic mass is 10.1. The van der Waals surface area contributed by atoms with Crippen LogP contribution in [0.2, 0.25) is 0 Å². The standard InChI is InChI=1S/C16H24N2O2/c1-3-8-18-16(19)12(2)17-9-6-13-4-5-15-14(11-13)7-10-20-15/h4-5,11-12,17H,3,6-10H2,1-2H3,(H,18,19). The molecule has 1 aliphatic rings. The first-order chi connectivity index (χ1) is 9.70. The highest BCUT2D eigenvalue weighted by Crippen LogP contribution is 2.25. The van der Waals surface area contributed by atoms with Gasteiger partial charge in [-0.15, -0.1) is 0 Å². The van der Waals surface area contributed by atoms with Gasteiger partial charge < -0.3 is 15.4 Å². The third-order valence-electron chi connectivity index (χ3n) is 3.56. The molecule has 1 unspecified atom stereocenters. The lowest BCUT2D eigenvalue weighted by Gasteiger charge is -2.13. The summed E-state index contributed by atoms with van der Waals surface area (Å²) in [5.41, 5.74) is 2.60. The van der Waals surface area contributed by atoms with E-state index >= 15 is 0 Å². The van der Waals surface area contributed by atoms with E-state index in [-0.39, 0.29) is 11.9 Å². The minimum Gasteiger partial charge on any atom is -0.493 e. The number of carbonyl (C=O) groups is 1. The zero-order valence-electron chi connectivity index (χ0n) is 12.4. The van der Waals surface area contributed by atoms with Gasteiger partial charge in [0, 0.05) is 13.0 Å². The minimum atomic E-state index is -0.140. The van der Waals surface area contributed by atoms with Crippen LogP contribution in [0.4, 0.5) is 0 Å². The molecule has 4 nitrogen and oxygen atoms in total. The summed E-state index contributed by atoms with van der Waals surface area (Å²) in [6, 6.07) is 6.23. The van der Waals surface area contributed by atoms with Crippen molar-refractivity contribution >= 4 is 5.91 Å². The lowest BCUT2D eigenvalue weighted by molar-refractivity contribution is -0.122. The van der Waals surface area contributed by atoms with Crippen molar-refractivity contribution in [3.05, 3.63) is 29.3 Å². The molecule has 1 atom stereocenters. The summed E-state index contributed by atoms with van der Waals surface area (Å²) in [6.07, 6.45) is 2.90. The van der Waals surface area contributed by atoms with Crippen LogP contribution in [-0.4, -0.2) is 31.6 Å². The molecule has 0 aliphatic carbocycles. The van der Waals surface area contributed by atoms with Crippen LogP contribution >= 0.6 is 0 Å². The first-order valence-corrected chi connectivity index (χ1v) is 7.46. The van der Waals surface area contributed by atoms with Crippen LogP contribution in [-0.2, 0) is 17.6 Å². The SMILES string of the molecule is CCCNC(=O)C(C)NCCc1ccc2c(c1)CCO2. The number of hydrogen-bond donors (Lipinski definition) is 2. The van der Waals surface area contributed by atoms with E-state index in [0.717, 1.165) is 44.7 Å². The van der Waals surface area contributed by atoms with Crippen molar-refractivity contribution in [2.45, 2.75) is 39.2 Å². The summed E-state index contributed by atoms with van der Waals surface area (Å²) in [4.78, 5) is 11.7. The molecule has 4 heteroatoms. The fraction of sp³-hybridized carbons (Fsp3) is 0.562. The largest absolute Gasteiger partial charge is 0.493 e. The summed E-state index contributed by atoms with van der Waals surface area (Å²) in [5, 5.41) is 6.16. The monoisotopic (exact) mass is 276 g/mol. The van der Waals surface area contributed by atoms with Crippen LogP contribution in [0.15, 0.2) is 18.2 Å². The Morgan fingerprint density at radius 1 is 1.40 bits per heavy atom. The van der Waals surface area contributed by atoms with Gasteiger partial charge in [0.05, 0.1) is 12.6 Å². The van der Waals surface area contributed by atoms with Gasteiger partial charge in [-0.25, -0.2) is 0 Å². The number of ether oxygens (including phenoxy) is 1. The molecule has 20 heavy (non-hydrogen) atoms. The maximum Gasteiger partial charge on any atom is 0.236 e. The van der Waals surface area contributed by atoms with E-state index in [4.69, 9.17) is 4.74 Å². The van der Waals surface area contributed by atoms with E-state index in [1.54, 1.807) is 0 Å². The molecule has 2 N–H and O–H groups in total. The third kappa shape index (κ3) is 3.97. The van der Waals surface area contributed by atoms with Gasteiger partial charge in [-0.3, -0.25) is 4.79 Å². The van der Waals surface area contributed by atoms with Crippen molar-refractivity contribution in [1.82, 2.24) is 10.6 Å². The first-order valence-electron chi connectivity index (χ1n) is 7.46. The average molecular weight is 276 g/mol. The van der Waals surface area contributed by atoms with E-state index in [1.165, 1.54) is 11.1 Å². The molecule has 1 amide bonds. The highest BCUT2D eigenvalue weighted by molar-refractivity contribution is 5.81. The zero-order valence-corrected chi connectivity index (χ0v) is 12.4. The second kappa shape index (κ2) is 7.29. The normalized spacial score (nSPS) is 14.5. The van der Waals surface area contributed by atoms with Crippen molar-refractivity contribution in [3.63, 3.8) is 0 Å². The van der Waals surface area contributed by atoms with Gasteiger partial charge in [-0.05, 0) is 43.5 Å². The first kappa shape index (κ1) is 14.9. The topological polar surface area (TPSA) is 50.4 Å². The Labute approximate surface area is 120 Å². The van der Waals surface area contributed by atoms with Crippen LogP contribution in [0, 0.1) is 0 Å². The summed E-state index contributed by atoms with van der Waals surface area (Å²) in [6.45, 7) is 6.30. The van der Waals surface area contributed by atoms with Crippen LogP contribution < -0.4 is 15.4 Å². The van der Waals surface area contributed by atoms with Gasteiger partial charge in [0.15, 0.2) is 0 Å². The summed E-state index contributed by atoms with van der Waals surface area (Å²) >= 11 is 0. The number of amides is 1. The number of hydrogen-bond acceptors (Lipinski definition) is 3. The molecule has 0 bridgehead atoms. The molecular weight excluding hydrogens is 252 g/mol. The van der Waals surface area contributed by atoms with Gasteiger partial charge in [0.25, 0.3) is 0 Å². The van der Waals surface area contributed by atoms with E-state index < -0.39 is 0 Å². The van der Waals surface area contributed by atoms with E-state index in [1.807, 2.05) is 6.92 Å².